The minimum absolute atomic E-state index is 0.241. The molecule has 29 heavy (non-hydrogen) atoms. The van der Waals surface area contributed by atoms with Crippen LogP contribution in [0.4, 0.5) is 0 Å². The summed E-state index contributed by atoms with van der Waals surface area (Å²) in [4.78, 5) is 19.5. The molecule has 1 aliphatic carbocycles. The molecule has 1 atom stereocenters. The zero-order valence-electron chi connectivity index (χ0n) is 17.5. The summed E-state index contributed by atoms with van der Waals surface area (Å²) in [5.41, 5.74) is 1.04. The van der Waals surface area contributed by atoms with Crippen molar-refractivity contribution in [1.82, 2.24) is 15.5 Å². The average molecular weight is 399 g/mol. The molecule has 6 heteroatoms. The summed E-state index contributed by atoms with van der Waals surface area (Å²) in [5.74, 6) is 2.22. The maximum Gasteiger partial charge on any atom is 0.225 e. The standard InChI is InChI=1S/C23H34N4O2/c1-3-15-29-21-12-8-7-11-19(21)16-25-23(24-4-2)26-20-13-14-27(17-20)22(28)18-9-5-6-10-18/h3,7-8,11-12,18,20H,1,4-6,9-10,13-17H2,2H3,(H2,24,25,26). The lowest BCUT2D eigenvalue weighted by atomic mass is 10.1. The van der Waals surface area contributed by atoms with Gasteiger partial charge in [-0.25, -0.2) is 4.99 Å². The molecule has 2 N–H and O–H groups in total. The summed E-state index contributed by atoms with van der Waals surface area (Å²) in [6, 6.07) is 8.19. The minimum Gasteiger partial charge on any atom is -0.489 e. The van der Waals surface area contributed by atoms with E-state index in [4.69, 9.17) is 9.73 Å². The van der Waals surface area contributed by atoms with Crippen LogP contribution in [0.5, 0.6) is 5.75 Å². The predicted octanol–water partition coefficient (Wildman–Crippen LogP) is 3.10. The van der Waals surface area contributed by atoms with Gasteiger partial charge in [-0.15, -0.1) is 0 Å². The van der Waals surface area contributed by atoms with E-state index in [-0.39, 0.29) is 12.0 Å². The van der Waals surface area contributed by atoms with Crippen molar-refractivity contribution in [3.63, 3.8) is 0 Å². The second-order valence-electron chi connectivity index (χ2n) is 7.80. The molecule has 158 valence electrons. The summed E-state index contributed by atoms with van der Waals surface area (Å²) >= 11 is 0. The number of hydrogen-bond acceptors (Lipinski definition) is 3. The molecule has 2 fully saturated rings. The Bertz CT molecular complexity index is 713. The van der Waals surface area contributed by atoms with Crippen molar-refractivity contribution in [2.45, 2.75) is 51.6 Å². The van der Waals surface area contributed by atoms with Crippen LogP contribution in [0.2, 0.25) is 0 Å². The van der Waals surface area contributed by atoms with Gasteiger partial charge >= 0.3 is 0 Å². The number of nitrogens with zero attached hydrogens (tertiary/aromatic N) is 2. The van der Waals surface area contributed by atoms with Gasteiger partial charge in [-0.3, -0.25) is 4.79 Å². The molecular weight excluding hydrogens is 364 g/mol. The third-order valence-electron chi connectivity index (χ3n) is 5.63. The Kier molecular flexibility index (Phi) is 7.96. The number of nitrogens with one attached hydrogen (secondary N) is 2. The maximum absolute atomic E-state index is 12.7. The molecule has 0 aromatic heterocycles. The van der Waals surface area contributed by atoms with Crippen molar-refractivity contribution in [2.24, 2.45) is 10.9 Å². The van der Waals surface area contributed by atoms with Gasteiger partial charge in [0, 0.05) is 37.2 Å². The second-order valence-corrected chi connectivity index (χ2v) is 7.80. The highest BCUT2D eigenvalue weighted by molar-refractivity contribution is 5.81. The molecule has 1 aliphatic heterocycles. The Morgan fingerprint density at radius 2 is 2.10 bits per heavy atom. The van der Waals surface area contributed by atoms with Crippen LogP contribution >= 0.6 is 0 Å². The van der Waals surface area contributed by atoms with E-state index in [1.54, 1.807) is 6.08 Å². The van der Waals surface area contributed by atoms with Gasteiger partial charge in [-0.2, -0.15) is 0 Å². The minimum atomic E-state index is 0.241. The molecule has 0 bridgehead atoms. The predicted molar refractivity (Wildman–Crippen MR) is 117 cm³/mol. The molecule has 1 amide bonds. The van der Waals surface area contributed by atoms with E-state index in [0.717, 1.165) is 56.2 Å². The fraction of sp³-hybridized carbons (Fsp3) is 0.565. The number of ether oxygens (including phenoxy) is 1. The monoisotopic (exact) mass is 398 g/mol. The quantitative estimate of drug-likeness (QED) is 0.401. The van der Waals surface area contributed by atoms with Crippen LogP contribution < -0.4 is 15.4 Å². The fourth-order valence-corrected chi connectivity index (χ4v) is 4.11. The zero-order chi connectivity index (χ0) is 20.5. The first-order valence-electron chi connectivity index (χ1n) is 10.9. The first kappa shape index (κ1) is 21.2. The Hall–Kier alpha value is -2.50. The smallest absolute Gasteiger partial charge is 0.225 e. The Balaban J connectivity index is 1.57. The van der Waals surface area contributed by atoms with Crippen LogP contribution in [0.25, 0.3) is 0 Å². The van der Waals surface area contributed by atoms with Gasteiger partial charge in [-0.05, 0) is 32.3 Å². The molecule has 0 radical (unpaired) electrons. The lowest BCUT2D eigenvalue weighted by Crippen LogP contribution is -2.45. The Morgan fingerprint density at radius 1 is 1.31 bits per heavy atom. The third kappa shape index (κ3) is 5.99. The first-order valence-corrected chi connectivity index (χ1v) is 10.9. The molecule has 0 spiro atoms. The van der Waals surface area contributed by atoms with Gasteiger partial charge in [0.15, 0.2) is 5.96 Å². The van der Waals surface area contributed by atoms with E-state index in [9.17, 15) is 4.79 Å². The number of aliphatic imine (C=N–C) groups is 1. The summed E-state index contributed by atoms with van der Waals surface area (Å²) in [5, 5.41) is 6.83. The summed E-state index contributed by atoms with van der Waals surface area (Å²) < 4.78 is 5.73. The zero-order valence-corrected chi connectivity index (χ0v) is 17.5. The summed E-state index contributed by atoms with van der Waals surface area (Å²) in [7, 11) is 0. The molecule has 1 saturated heterocycles. The van der Waals surface area contributed by atoms with Gasteiger partial charge < -0.3 is 20.3 Å². The lowest BCUT2D eigenvalue weighted by molar-refractivity contribution is -0.134. The molecule has 1 heterocycles. The largest absolute Gasteiger partial charge is 0.489 e. The first-order chi connectivity index (χ1) is 14.2. The van der Waals surface area contributed by atoms with Crippen LogP contribution in [-0.2, 0) is 11.3 Å². The van der Waals surface area contributed by atoms with E-state index in [1.807, 2.05) is 29.2 Å². The van der Waals surface area contributed by atoms with Crippen LogP contribution in [0.15, 0.2) is 41.9 Å². The van der Waals surface area contributed by atoms with Crippen molar-refractivity contribution in [3.05, 3.63) is 42.5 Å². The molecule has 1 aromatic rings. The van der Waals surface area contributed by atoms with E-state index >= 15 is 0 Å². The van der Waals surface area contributed by atoms with Crippen molar-refractivity contribution in [2.75, 3.05) is 26.2 Å². The summed E-state index contributed by atoms with van der Waals surface area (Å²) in [6.07, 6.45) is 7.21. The molecule has 2 aliphatic rings. The number of guanidine groups is 1. The normalized spacial score (nSPS) is 20.0. The fourth-order valence-electron chi connectivity index (χ4n) is 4.11. The van der Waals surface area contributed by atoms with Gasteiger partial charge in [-0.1, -0.05) is 43.7 Å². The van der Waals surface area contributed by atoms with Crippen LogP contribution in [0.1, 0.15) is 44.6 Å². The van der Waals surface area contributed by atoms with E-state index in [1.165, 1.54) is 12.8 Å². The number of carbonyl (C=O) groups excluding carboxylic acids is 1. The van der Waals surface area contributed by atoms with Crippen LogP contribution in [0.3, 0.4) is 0 Å². The van der Waals surface area contributed by atoms with E-state index in [2.05, 4.69) is 24.1 Å². The molecular formula is C23H34N4O2. The highest BCUT2D eigenvalue weighted by Crippen LogP contribution is 2.27. The van der Waals surface area contributed by atoms with Crippen molar-refractivity contribution in [1.29, 1.82) is 0 Å². The average Bonchev–Trinajstić information content (AvgIpc) is 3.43. The number of para-hydroxylation sites is 1. The highest BCUT2D eigenvalue weighted by atomic mass is 16.5. The SMILES string of the molecule is C=CCOc1ccccc1CN=C(NCC)NC1CCN(C(=O)C2CCCC2)C1. The number of carbonyl (C=O) groups is 1. The number of benzene rings is 1. The maximum atomic E-state index is 12.7. The topological polar surface area (TPSA) is 66.0 Å². The molecule has 1 unspecified atom stereocenters. The van der Waals surface area contributed by atoms with Gasteiger partial charge in [0.05, 0.1) is 6.54 Å². The third-order valence-corrected chi connectivity index (χ3v) is 5.63. The number of rotatable bonds is 8. The Morgan fingerprint density at radius 3 is 2.86 bits per heavy atom. The van der Waals surface area contributed by atoms with Gasteiger partial charge in [0.25, 0.3) is 0 Å². The lowest BCUT2D eigenvalue weighted by Gasteiger charge is -2.21. The number of hydrogen-bond donors (Lipinski definition) is 2. The second kappa shape index (κ2) is 10.9. The molecule has 6 nitrogen and oxygen atoms in total. The van der Waals surface area contributed by atoms with Crippen molar-refractivity contribution < 1.29 is 9.53 Å². The molecule has 1 aromatic carbocycles. The Labute approximate surface area is 174 Å². The van der Waals surface area contributed by atoms with Gasteiger partial charge in [0.1, 0.15) is 12.4 Å². The highest BCUT2D eigenvalue weighted by Gasteiger charge is 2.32. The van der Waals surface area contributed by atoms with Crippen LogP contribution in [-0.4, -0.2) is 49.0 Å². The van der Waals surface area contributed by atoms with Crippen molar-refractivity contribution >= 4 is 11.9 Å². The van der Waals surface area contributed by atoms with E-state index < -0.39 is 0 Å². The summed E-state index contributed by atoms with van der Waals surface area (Å²) in [6.45, 7) is 9.16. The van der Waals surface area contributed by atoms with Crippen LogP contribution in [0, 0.1) is 5.92 Å². The van der Waals surface area contributed by atoms with E-state index in [0.29, 0.717) is 19.1 Å². The van der Waals surface area contributed by atoms with Crippen molar-refractivity contribution in [3.8, 4) is 5.75 Å². The van der Waals surface area contributed by atoms with Gasteiger partial charge in [0.2, 0.25) is 5.91 Å². The number of amides is 1. The molecule has 3 rings (SSSR count). The molecule has 1 saturated carbocycles. The number of likely N-dealkylation sites (tertiary alicyclic amines) is 1.